The zero-order valence-electron chi connectivity index (χ0n) is 11.1. The Kier molecular flexibility index (Phi) is 4.04. The Hall–Kier alpha value is -0.910. The van der Waals surface area contributed by atoms with Crippen LogP contribution in [0.15, 0.2) is 5.38 Å². The number of aryl methyl sites for hydroxylation is 3. The number of hydrogen-bond donors (Lipinski definition) is 0. The molecular weight excluding hydrogens is 268 g/mol. The maximum atomic E-state index is 6.23. The first-order chi connectivity index (χ1) is 8.47. The minimum absolute atomic E-state index is 0.716. The molecule has 0 atom stereocenters. The van der Waals surface area contributed by atoms with Gasteiger partial charge in [0.2, 0.25) is 0 Å². The SMILES string of the molecule is Cc1nc(CN(C)Cc2c(C)nn(C)c2Cl)cs1. The third kappa shape index (κ3) is 2.91. The van der Waals surface area contributed by atoms with Crippen LogP contribution in [0.3, 0.4) is 0 Å². The van der Waals surface area contributed by atoms with Crippen molar-refractivity contribution < 1.29 is 0 Å². The molecular formula is C12H17ClN4S. The summed E-state index contributed by atoms with van der Waals surface area (Å²) in [6.45, 7) is 5.63. The van der Waals surface area contributed by atoms with Crippen molar-refractivity contribution in [1.82, 2.24) is 19.7 Å². The minimum atomic E-state index is 0.716. The molecule has 0 aliphatic carbocycles. The van der Waals surface area contributed by atoms with Crippen LogP contribution >= 0.6 is 22.9 Å². The molecule has 2 aromatic rings. The minimum Gasteiger partial charge on any atom is -0.296 e. The standard InChI is InChI=1S/C12H17ClN4S/c1-8-11(12(13)17(4)15-8)6-16(3)5-10-7-18-9(2)14-10/h7H,5-6H2,1-4H3. The Bertz CT molecular complexity index is 546. The van der Waals surface area contributed by atoms with Crippen LogP contribution in [0.4, 0.5) is 0 Å². The van der Waals surface area contributed by atoms with E-state index in [0.717, 1.165) is 35.0 Å². The largest absolute Gasteiger partial charge is 0.296 e. The van der Waals surface area contributed by atoms with Crippen LogP contribution in [0.2, 0.25) is 5.15 Å². The summed E-state index contributed by atoms with van der Waals surface area (Å²) in [7, 11) is 3.93. The second-order valence-corrected chi connectivity index (χ2v) is 5.93. The third-order valence-electron chi connectivity index (χ3n) is 2.80. The molecule has 18 heavy (non-hydrogen) atoms. The van der Waals surface area contributed by atoms with Gasteiger partial charge in [-0.25, -0.2) is 4.98 Å². The van der Waals surface area contributed by atoms with Gasteiger partial charge in [-0.15, -0.1) is 11.3 Å². The summed E-state index contributed by atoms with van der Waals surface area (Å²) in [5.41, 5.74) is 3.19. The summed E-state index contributed by atoms with van der Waals surface area (Å²) in [6.07, 6.45) is 0. The molecule has 0 saturated carbocycles. The van der Waals surface area contributed by atoms with E-state index in [0.29, 0.717) is 5.15 Å². The predicted molar refractivity (Wildman–Crippen MR) is 75.0 cm³/mol. The topological polar surface area (TPSA) is 34.0 Å². The van der Waals surface area contributed by atoms with Crippen LogP contribution in [-0.2, 0) is 20.1 Å². The number of aromatic nitrogens is 3. The summed E-state index contributed by atoms with van der Waals surface area (Å²) in [6, 6.07) is 0. The van der Waals surface area contributed by atoms with E-state index in [9.17, 15) is 0 Å². The molecule has 2 rings (SSSR count). The van der Waals surface area contributed by atoms with E-state index in [1.807, 2.05) is 20.9 Å². The molecule has 0 aliphatic rings. The molecule has 0 saturated heterocycles. The first kappa shape index (κ1) is 13.5. The predicted octanol–water partition coefficient (Wildman–Crippen LogP) is 2.78. The Morgan fingerprint density at radius 3 is 2.61 bits per heavy atom. The van der Waals surface area contributed by atoms with Crippen molar-refractivity contribution in [2.24, 2.45) is 7.05 Å². The summed E-state index contributed by atoms with van der Waals surface area (Å²) in [4.78, 5) is 6.66. The molecule has 6 heteroatoms. The van der Waals surface area contributed by atoms with Gasteiger partial charge in [-0.2, -0.15) is 5.10 Å². The lowest BCUT2D eigenvalue weighted by Gasteiger charge is -2.15. The number of rotatable bonds is 4. The fraction of sp³-hybridized carbons (Fsp3) is 0.500. The van der Waals surface area contributed by atoms with E-state index in [1.165, 1.54) is 0 Å². The lowest BCUT2D eigenvalue weighted by atomic mass is 10.2. The summed E-state index contributed by atoms with van der Waals surface area (Å²) >= 11 is 7.91. The Morgan fingerprint density at radius 1 is 1.39 bits per heavy atom. The van der Waals surface area contributed by atoms with E-state index in [1.54, 1.807) is 16.0 Å². The molecule has 0 aromatic carbocycles. The van der Waals surface area contributed by atoms with Gasteiger partial charge in [0.25, 0.3) is 0 Å². The van der Waals surface area contributed by atoms with Crippen molar-refractivity contribution in [3.63, 3.8) is 0 Å². The maximum Gasteiger partial charge on any atom is 0.131 e. The normalized spacial score (nSPS) is 11.4. The average Bonchev–Trinajstić information content (AvgIpc) is 2.78. The van der Waals surface area contributed by atoms with Gasteiger partial charge in [0.1, 0.15) is 5.15 Å². The highest BCUT2D eigenvalue weighted by Gasteiger charge is 2.13. The Morgan fingerprint density at radius 2 is 2.11 bits per heavy atom. The van der Waals surface area contributed by atoms with Gasteiger partial charge < -0.3 is 0 Å². The van der Waals surface area contributed by atoms with E-state index in [2.05, 4.69) is 27.4 Å². The van der Waals surface area contributed by atoms with Crippen molar-refractivity contribution in [3.05, 3.63) is 32.5 Å². The molecule has 0 bridgehead atoms. The third-order valence-corrected chi connectivity index (χ3v) is 4.09. The van der Waals surface area contributed by atoms with E-state index in [4.69, 9.17) is 11.6 Å². The van der Waals surface area contributed by atoms with E-state index < -0.39 is 0 Å². The van der Waals surface area contributed by atoms with Gasteiger partial charge in [-0.1, -0.05) is 11.6 Å². The molecule has 0 unspecified atom stereocenters. The molecule has 0 aliphatic heterocycles. The van der Waals surface area contributed by atoms with Crippen molar-refractivity contribution >= 4 is 22.9 Å². The van der Waals surface area contributed by atoms with Gasteiger partial charge >= 0.3 is 0 Å². The molecule has 0 fully saturated rings. The monoisotopic (exact) mass is 284 g/mol. The van der Waals surface area contributed by atoms with E-state index >= 15 is 0 Å². The zero-order valence-corrected chi connectivity index (χ0v) is 12.6. The molecule has 98 valence electrons. The molecule has 0 amide bonds. The highest BCUT2D eigenvalue weighted by Crippen LogP contribution is 2.21. The highest BCUT2D eigenvalue weighted by molar-refractivity contribution is 7.09. The van der Waals surface area contributed by atoms with Crippen molar-refractivity contribution in [1.29, 1.82) is 0 Å². The lowest BCUT2D eigenvalue weighted by Crippen LogP contribution is -2.18. The maximum absolute atomic E-state index is 6.23. The van der Waals surface area contributed by atoms with Crippen LogP contribution in [0, 0.1) is 13.8 Å². The number of hydrogen-bond acceptors (Lipinski definition) is 4. The average molecular weight is 285 g/mol. The number of halogens is 1. The fourth-order valence-corrected chi connectivity index (χ4v) is 2.77. The van der Waals surface area contributed by atoms with Crippen LogP contribution in [0.5, 0.6) is 0 Å². The number of nitrogens with zero attached hydrogens (tertiary/aromatic N) is 4. The van der Waals surface area contributed by atoms with Crippen molar-refractivity contribution in [2.45, 2.75) is 26.9 Å². The molecule has 4 nitrogen and oxygen atoms in total. The van der Waals surface area contributed by atoms with Gasteiger partial charge in [-0.05, 0) is 20.9 Å². The lowest BCUT2D eigenvalue weighted by molar-refractivity contribution is 0.315. The van der Waals surface area contributed by atoms with E-state index in [-0.39, 0.29) is 0 Å². The molecule has 2 heterocycles. The highest BCUT2D eigenvalue weighted by atomic mass is 35.5. The Labute approximate surface area is 116 Å². The molecule has 0 N–H and O–H groups in total. The second kappa shape index (κ2) is 5.38. The van der Waals surface area contributed by atoms with Gasteiger partial charge in [0.15, 0.2) is 0 Å². The Balaban J connectivity index is 2.05. The number of thiazole rings is 1. The van der Waals surface area contributed by atoms with Crippen LogP contribution in [0.25, 0.3) is 0 Å². The summed E-state index contributed by atoms with van der Waals surface area (Å²) in [5.74, 6) is 0. The van der Waals surface area contributed by atoms with Gasteiger partial charge in [-0.3, -0.25) is 9.58 Å². The molecule has 0 spiro atoms. The van der Waals surface area contributed by atoms with Crippen LogP contribution in [-0.4, -0.2) is 26.7 Å². The van der Waals surface area contributed by atoms with Crippen LogP contribution < -0.4 is 0 Å². The molecule has 0 radical (unpaired) electrons. The quantitative estimate of drug-likeness (QED) is 0.866. The first-order valence-corrected chi connectivity index (χ1v) is 7.00. The van der Waals surface area contributed by atoms with Gasteiger partial charge in [0.05, 0.1) is 16.4 Å². The van der Waals surface area contributed by atoms with Crippen LogP contribution in [0.1, 0.15) is 22.0 Å². The first-order valence-electron chi connectivity index (χ1n) is 5.75. The zero-order chi connectivity index (χ0) is 13.3. The smallest absolute Gasteiger partial charge is 0.131 e. The molecule has 2 aromatic heterocycles. The van der Waals surface area contributed by atoms with Crippen molar-refractivity contribution in [2.75, 3.05) is 7.05 Å². The van der Waals surface area contributed by atoms with Crippen molar-refractivity contribution in [3.8, 4) is 0 Å². The fourth-order valence-electron chi connectivity index (χ4n) is 1.94. The summed E-state index contributed by atoms with van der Waals surface area (Å²) in [5, 5.41) is 8.24. The second-order valence-electron chi connectivity index (χ2n) is 4.51. The summed E-state index contributed by atoms with van der Waals surface area (Å²) < 4.78 is 1.72. The van der Waals surface area contributed by atoms with Gasteiger partial charge in [0, 0.05) is 31.1 Å².